The zero-order valence-corrected chi connectivity index (χ0v) is 21.3. The molecule has 0 saturated heterocycles. The first kappa shape index (κ1) is 26.2. The first-order valence-corrected chi connectivity index (χ1v) is 12.0. The third-order valence-corrected chi connectivity index (χ3v) is 6.77. The predicted octanol–water partition coefficient (Wildman–Crippen LogP) is 3.50. The standard InChI is InChI=1S/C25H20ClF3N6O4/c1-33(2)16-7-14(19(26)23(29)31-16)30-17(37)9-34-8-13(12-6-11(10-36)22(38)21(28)20(12)27)18-24(34)32-15-4-3-5-35(15)25(18)39/h6-8,10,38H,3-5,9H2,1-2H3,(H,30,31,37). The summed E-state index contributed by atoms with van der Waals surface area (Å²) < 4.78 is 46.4. The van der Waals surface area contributed by atoms with Gasteiger partial charge in [-0.25, -0.2) is 14.4 Å². The summed E-state index contributed by atoms with van der Waals surface area (Å²) in [4.78, 5) is 47.5. The summed E-state index contributed by atoms with van der Waals surface area (Å²) >= 11 is 5.99. The lowest BCUT2D eigenvalue weighted by Crippen LogP contribution is -2.23. The molecule has 1 aromatic carbocycles. The summed E-state index contributed by atoms with van der Waals surface area (Å²) in [6.45, 7) is -0.0960. The second kappa shape index (κ2) is 9.73. The van der Waals surface area contributed by atoms with Crippen molar-refractivity contribution in [3.8, 4) is 16.9 Å². The molecule has 1 aliphatic heterocycles. The summed E-state index contributed by atoms with van der Waals surface area (Å²) in [7, 11) is 3.25. The summed E-state index contributed by atoms with van der Waals surface area (Å²) in [6, 6.07) is 2.29. The van der Waals surface area contributed by atoms with Crippen molar-refractivity contribution >= 4 is 46.3 Å². The third kappa shape index (κ3) is 4.38. The molecule has 10 nitrogen and oxygen atoms in total. The Morgan fingerprint density at radius 2 is 1.95 bits per heavy atom. The minimum atomic E-state index is -1.66. The van der Waals surface area contributed by atoms with E-state index in [9.17, 15) is 28.3 Å². The number of fused-ring (bicyclic) bond motifs is 2. The van der Waals surface area contributed by atoms with Crippen LogP contribution in [0.15, 0.2) is 23.1 Å². The maximum Gasteiger partial charge on any atom is 0.263 e. The van der Waals surface area contributed by atoms with Crippen molar-refractivity contribution in [2.45, 2.75) is 25.9 Å². The number of aryl methyl sites for hydroxylation is 1. The zero-order chi connectivity index (χ0) is 28.2. The SMILES string of the molecule is CN(C)c1cc(NC(=O)Cn2cc(-c3cc(C=O)c(O)c(F)c3F)c3c(=O)n4c(nc32)CCC4)c(Cl)c(F)n1. The lowest BCUT2D eigenvalue weighted by Gasteiger charge is -2.15. The van der Waals surface area contributed by atoms with Gasteiger partial charge in [-0.1, -0.05) is 11.6 Å². The highest BCUT2D eigenvalue weighted by Crippen LogP contribution is 2.36. The van der Waals surface area contributed by atoms with Gasteiger partial charge < -0.3 is 19.9 Å². The molecule has 0 unspecified atom stereocenters. The highest BCUT2D eigenvalue weighted by Gasteiger charge is 2.27. The molecule has 39 heavy (non-hydrogen) atoms. The maximum absolute atomic E-state index is 15.0. The summed E-state index contributed by atoms with van der Waals surface area (Å²) in [5.74, 6) is -5.34. The van der Waals surface area contributed by atoms with Crippen LogP contribution in [0.3, 0.4) is 0 Å². The molecule has 4 aromatic rings. The number of nitrogens with zero attached hydrogens (tertiary/aromatic N) is 5. The number of aromatic nitrogens is 4. The highest BCUT2D eigenvalue weighted by atomic mass is 35.5. The molecule has 0 aliphatic carbocycles. The van der Waals surface area contributed by atoms with E-state index in [1.54, 1.807) is 14.1 Å². The van der Waals surface area contributed by atoms with Gasteiger partial charge in [-0.15, -0.1) is 0 Å². The lowest BCUT2D eigenvalue weighted by molar-refractivity contribution is -0.116. The molecule has 0 radical (unpaired) electrons. The number of aromatic hydroxyl groups is 1. The van der Waals surface area contributed by atoms with E-state index in [0.29, 0.717) is 25.2 Å². The number of aldehydes is 1. The molecular formula is C25H20ClF3N6O4. The van der Waals surface area contributed by atoms with E-state index in [1.165, 1.54) is 26.3 Å². The molecule has 3 aromatic heterocycles. The van der Waals surface area contributed by atoms with E-state index in [2.05, 4.69) is 15.3 Å². The Hall–Kier alpha value is -4.39. The molecule has 1 amide bonds. The highest BCUT2D eigenvalue weighted by molar-refractivity contribution is 6.33. The fraction of sp³-hybridized carbons (Fsp3) is 0.240. The number of phenols is 1. The number of pyridine rings is 1. The van der Waals surface area contributed by atoms with E-state index < -0.39 is 57.5 Å². The third-order valence-electron chi connectivity index (χ3n) is 6.42. The van der Waals surface area contributed by atoms with Crippen LogP contribution in [0.4, 0.5) is 24.7 Å². The summed E-state index contributed by atoms with van der Waals surface area (Å²) in [5, 5.41) is 11.8. The van der Waals surface area contributed by atoms with Gasteiger partial charge in [0.25, 0.3) is 5.56 Å². The number of hydrogen-bond donors (Lipinski definition) is 2. The van der Waals surface area contributed by atoms with E-state index in [1.807, 2.05) is 0 Å². The van der Waals surface area contributed by atoms with E-state index in [4.69, 9.17) is 11.6 Å². The second-order valence-electron chi connectivity index (χ2n) is 9.14. The number of nitrogens with one attached hydrogen (secondary N) is 1. The fourth-order valence-electron chi connectivity index (χ4n) is 4.52. The zero-order valence-electron chi connectivity index (χ0n) is 20.6. The van der Waals surface area contributed by atoms with Crippen LogP contribution in [-0.2, 0) is 24.3 Å². The average molecular weight is 561 g/mol. The van der Waals surface area contributed by atoms with Gasteiger partial charge in [0.1, 0.15) is 28.9 Å². The molecule has 5 rings (SSSR count). The molecule has 2 N–H and O–H groups in total. The van der Waals surface area contributed by atoms with Crippen molar-refractivity contribution in [3.05, 3.63) is 62.7 Å². The molecule has 14 heteroatoms. The molecular weight excluding hydrogens is 541 g/mol. The summed E-state index contributed by atoms with van der Waals surface area (Å²) in [6.07, 6.45) is 2.52. The van der Waals surface area contributed by atoms with Gasteiger partial charge in [-0.05, 0) is 12.5 Å². The van der Waals surface area contributed by atoms with Crippen molar-refractivity contribution in [2.75, 3.05) is 24.3 Å². The first-order valence-electron chi connectivity index (χ1n) is 11.6. The number of rotatable bonds is 6. The number of anilines is 2. The molecule has 0 bridgehead atoms. The Labute approximate surface area is 223 Å². The van der Waals surface area contributed by atoms with Crippen LogP contribution in [-0.4, -0.2) is 50.5 Å². The van der Waals surface area contributed by atoms with Gasteiger partial charge >= 0.3 is 0 Å². The largest absolute Gasteiger partial charge is 0.504 e. The van der Waals surface area contributed by atoms with Crippen LogP contribution < -0.4 is 15.8 Å². The minimum Gasteiger partial charge on any atom is -0.504 e. The molecule has 4 heterocycles. The normalized spacial score (nSPS) is 12.6. The maximum atomic E-state index is 15.0. The topological polar surface area (TPSA) is 122 Å². The van der Waals surface area contributed by atoms with Crippen LogP contribution in [0.2, 0.25) is 5.02 Å². The number of hydrogen-bond acceptors (Lipinski definition) is 7. The summed E-state index contributed by atoms with van der Waals surface area (Å²) in [5.41, 5.74) is -1.67. The number of phenolic OH excluding ortho intramolecular Hbond substituents is 1. The van der Waals surface area contributed by atoms with E-state index >= 15 is 4.39 Å². The van der Waals surface area contributed by atoms with Crippen LogP contribution in [0.5, 0.6) is 5.75 Å². The Balaban J connectivity index is 1.64. The second-order valence-corrected chi connectivity index (χ2v) is 9.52. The number of amides is 1. The first-order chi connectivity index (χ1) is 18.5. The predicted molar refractivity (Wildman–Crippen MR) is 137 cm³/mol. The lowest BCUT2D eigenvalue weighted by atomic mass is 10.0. The van der Waals surface area contributed by atoms with Gasteiger partial charge in [0.15, 0.2) is 17.9 Å². The van der Waals surface area contributed by atoms with Crippen LogP contribution in [0.25, 0.3) is 22.2 Å². The number of carbonyl (C=O) groups excluding carboxylic acids is 2. The number of carbonyl (C=O) groups is 2. The Kier molecular flexibility index (Phi) is 6.54. The average Bonchev–Trinajstić information content (AvgIpc) is 3.51. The molecule has 0 fully saturated rings. The van der Waals surface area contributed by atoms with Gasteiger partial charge in [-0.2, -0.15) is 8.78 Å². The van der Waals surface area contributed by atoms with Crippen LogP contribution in [0, 0.1) is 17.6 Å². The van der Waals surface area contributed by atoms with Crippen molar-refractivity contribution in [3.63, 3.8) is 0 Å². The van der Waals surface area contributed by atoms with Crippen LogP contribution >= 0.6 is 11.6 Å². The van der Waals surface area contributed by atoms with E-state index in [-0.39, 0.29) is 34.4 Å². The van der Waals surface area contributed by atoms with Gasteiger partial charge in [-0.3, -0.25) is 19.0 Å². The van der Waals surface area contributed by atoms with Crippen molar-refractivity contribution < 1.29 is 27.9 Å². The quantitative estimate of drug-likeness (QED) is 0.273. The van der Waals surface area contributed by atoms with Gasteiger partial charge in [0.05, 0.1) is 16.6 Å². The monoisotopic (exact) mass is 560 g/mol. The van der Waals surface area contributed by atoms with Gasteiger partial charge in [0.2, 0.25) is 17.7 Å². The Morgan fingerprint density at radius 3 is 2.64 bits per heavy atom. The van der Waals surface area contributed by atoms with Crippen molar-refractivity contribution in [2.24, 2.45) is 0 Å². The van der Waals surface area contributed by atoms with Crippen molar-refractivity contribution in [1.82, 2.24) is 19.1 Å². The minimum absolute atomic E-state index is 0.0276. The van der Waals surface area contributed by atoms with Crippen molar-refractivity contribution in [1.29, 1.82) is 0 Å². The Morgan fingerprint density at radius 1 is 1.21 bits per heavy atom. The van der Waals surface area contributed by atoms with E-state index in [0.717, 1.165) is 6.07 Å². The molecule has 0 spiro atoms. The number of benzene rings is 1. The molecule has 0 saturated carbocycles. The molecule has 1 aliphatic rings. The molecule has 0 atom stereocenters. The Bertz CT molecular complexity index is 1750. The molecule has 202 valence electrons. The van der Waals surface area contributed by atoms with Gasteiger partial charge in [0, 0.05) is 50.5 Å². The fourth-order valence-corrected chi connectivity index (χ4v) is 4.67. The number of halogens is 4. The smallest absolute Gasteiger partial charge is 0.263 e. The van der Waals surface area contributed by atoms with Crippen LogP contribution in [0.1, 0.15) is 22.6 Å².